The van der Waals surface area contributed by atoms with Crippen LogP contribution in [0.5, 0.6) is 0 Å². The molecule has 0 spiro atoms. The molecule has 0 unspecified atom stereocenters. The number of hydrogen-bond donors (Lipinski definition) is 1. The van der Waals surface area contributed by atoms with E-state index in [0.717, 1.165) is 12.8 Å². The summed E-state index contributed by atoms with van der Waals surface area (Å²) in [5.41, 5.74) is 0. The van der Waals surface area contributed by atoms with Gasteiger partial charge in [-0.25, -0.2) is 0 Å². The Morgan fingerprint density at radius 2 is 1.47 bits per heavy atom. The monoisotopic (exact) mass is 285 g/mol. The van der Waals surface area contributed by atoms with E-state index in [1.54, 1.807) is 0 Å². The minimum absolute atomic E-state index is 0. The Morgan fingerprint density at radius 3 is 2.06 bits per heavy atom. The first-order valence-electron chi connectivity index (χ1n) is 6.64. The molecule has 17 heavy (non-hydrogen) atoms. The van der Waals surface area contributed by atoms with Gasteiger partial charge in [-0.15, -0.1) is 0 Å². The van der Waals surface area contributed by atoms with E-state index in [0.29, 0.717) is 6.42 Å². The predicted octanol–water partition coefficient (Wildman–Crippen LogP) is 4.55. The molecule has 0 saturated heterocycles. The van der Waals surface area contributed by atoms with E-state index in [9.17, 15) is 4.79 Å². The summed E-state index contributed by atoms with van der Waals surface area (Å²) in [6, 6.07) is 0. The van der Waals surface area contributed by atoms with Gasteiger partial charge in [0, 0.05) is 23.2 Å². The van der Waals surface area contributed by atoms with E-state index in [4.69, 9.17) is 5.11 Å². The summed E-state index contributed by atoms with van der Waals surface area (Å²) in [5, 5.41) is 8.45. The van der Waals surface area contributed by atoms with Gasteiger partial charge in [0.1, 0.15) is 0 Å². The van der Waals surface area contributed by atoms with Crippen LogP contribution in [0.2, 0.25) is 0 Å². The fraction of sp³-hybridized carbons (Fsp3) is 0.786. The molecular weight excluding hydrogens is 259 g/mol. The van der Waals surface area contributed by atoms with Crippen LogP contribution in [0.1, 0.15) is 71.1 Å². The maximum absolute atomic E-state index is 10.3. The molecule has 0 atom stereocenters. The quantitative estimate of drug-likeness (QED) is 0.447. The molecule has 1 N–H and O–H groups in total. The fourth-order valence-corrected chi connectivity index (χ4v) is 1.63. The molecule has 0 aliphatic carbocycles. The van der Waals surface area contributed by atoms with Crippen LogP contribution in [-0.4, -0.2) is 11.1 Å². The molecule has 0 aromatic carbocycles. The third-order valence-electron chi connectivity index (χ3n) is 2.65. The molecule has 3 heteroatoms. The Balaban J connectivity index is 0. The smallest absolute Gasteiger partial charge is 0.303 e. The predicted molar refractivity (Wildman–Crippen MR) is 68.6 cm³/mol. The van der Waals surface area contributed by atoms with Crippen LogP contribution >= 0.6 is 0 Å². The summed E-state index contributed by atoms with van der Waals surface area (Å²) in [7, 11) is 0. The zero-order chi connectivity index (χ0) is 12.1. The van der Waals surface area contributed by atoms with E-state index in [-0.39, 0.29) is 16.8 Å². The van der Waals surface area contributed by atoms with Gasteiger partial charge in [-0.3, -0.25) is 4.79 Å². The van der Waals surface area contributed by atoms with Gasteiger partial charge < -0.3 is 5.11 Å². The molecule has 0 aromatic heterocycles. The Bertz CT molecular complexity index is 191. The van der Waals surface area contributed by atoms with Crippen molar-refractivity contribution in [2.24, 2.45) is 0 Å². The van der Waals surface area contributed by atoms with Crippen LogP contribution in [-0.2, 0) is 21.6 Å². The van der Waals surface area contributed by atoms with Crippen molar-refractivity contribution >= 4 is 5.97 Å². The normalized spacial score (nSPS) is 10.4. The third-order valence-corrected chi connectivity index (χ3v) is 2.65. The van der Waals surface area contributed by atoms with E-state index >= 15 is 0 Å². The third kappa shape index (κ3) is 18.3. The van der Waals surface area contributed by atoms with Crippen molar-refractivity contribution in [2.45, 2.75) is 71.1 Å². The number of unbranched alkanes of at least 4 members (excludes halogenated alkanes) is 7. The van der Waals surface area contributed by atoms with Crippen LogP contribution in [0, 0.1) is 0 Å². The topological polar surface area (TPSA) is 37.3 Å². The van der Waals surface area contributed by atoms with Crippen molar-refractivity contribution in [1.82, 2.24) is 0 Å². The van der Waals surface area contributed by atoms with Crippen LogP contribution in [0.25, 0.3) is 0 Å². The van der Waals surface area contributed by atoms with Crippen LogP contribution in [0.15, 0.2) is 12.2 Å². The van der Waals surface area contributed by atoms with Crippen molar-refractivity contribution in [3.63, 3.8) is 0 Å². The molecule has 0 heterocycles. The summed E-state index contributed by atoms with van der Waals surface area (Å²) < 4.78 is 0. The second kappa shape index (κ2) is 15.7. The molecule has 0 bridgehead atoms. The molecule has 0 aliphatic rings. The summed E-state index contributed by atoms with van der Waals surface area (Å²) >= 11 is 0. The number of carboxylic acids is 1. The van der Waals surface area contributed by atoms with Gasteiger partial charge in [0.2, 0.25) is 0 Å². The second-order valence-electron chi connectivity index (χ2n) is 4.31. The number of carboxylic acid groups (broad SMARTS) is 1. The minimum Gasteiger partial charge on any atom is -0.481 e. The number of hydrogen-bond acceptors (Lipinski definition) is 1. The Labute approximate surface area is 116 Å². The average Bonchev–Trinajstić information content (AvgIpc) is 2.25. The summed E-state index contributed by atoms with van der Waals surface area (Å²) in [5.74, 6) is -0.668. The first kappa shape index (κ1) is 19.1. The number of aliphatic carboxylic acids is 1. The molecule has 1 radical (unpaired) electrons. The molecule has 0 fully saturated rings. The minimum atomic E-state index is -0.668. The molecule has 0 aliphatic heterocycles. The number of carbonyl (C=O) groups is 1. The number of allylic oxidation sites excluding steroid dienone is 2. The fourth-order valence-electron chi connectivity index (χ4n) is 1.63. The first-order valence-corrected chi connectivity index (χ1v) is 6.64. The van der Waals surface area contributed by atoms with Gasteiger partial charge in [-0.2, -0.15) is 0 Å². The van der Waals surface area contributed by atoms with Crippen molar-refractivity contribution in [3.05, 3.63) is 12.2 Å². The van der Waals surface area contributed by atoms with Gasteiger partial charge >= 0.3 is 5.97 Å². The zero-order valence-corrected chi connectivity index (χ0v) is 12.0. The van der Waals surface area contributed by atoms with Crippen molar-refractivity contribution in [1.29, 1.82) is 0 Å². The molecule has 103 valence electrons. The maximum atomic E-state index is 10.3. The van der Waals surface area contributed by atoms with Crippen molar-refractivity contribution in [2.75, 3.05) is 0 Å². The Morgan fingerprint density at radius 1 is 0.941 bits per heavy atom. The SMILES string of the molecule is CCCC/C=C\CCCCCCCC(=O)O.[Co]. The standard InChI is InChI=1S/C14H26O2.Co/c1-2-3-4-5-6-7-8-9-10-11-12-13-14(15)16;/h5-6H,2-4,7-13H2,1H3,(H,15,16);/b6-5-;. The van der Waals surface area contributed by atoms with Crippen LogP contribution in [0.4, 0.5) is 0 Å². The molecule has 0 rings (SSSR count). The van der Waals surface area contributed by atoms with E-state index in [2.05, 4.69) is 19.1 Å². The zero-order valence-electron chi connectivity index (χ0n) is 10.9. The second-order valence-corrected chi connectivity index (χ2v) is 4.31. The van der Waals surface area contributed by atoms with E-state index in [1.165, 1.54) is 44.9 Å². The van der Waals surface area contributed by atoms with Gasteiger partial charge in [0.05, 0.1) is 0 Å². The van der Waals surface area contributed by atoms with Gasteiger partial charge in [0.25, 0.3) is 0 Å². The van der Waals surface area contributed by atoms with Crippen molar-refractivity contribution in [3.8, 4) is 0 Å². The molecule has 0 saturated carbocycles. The summed E-state index contributed by atoms with van der Waals surface area (Å²) in [6.07, 6.45) is 15.4. The van der Waals surface area contributed by atoms with Crippen LogP contribution < -0.4 is 0 Å². The number of rotatable bonds is 11. The first-order chi connectivity index (χ1) is 7.77. The molecule has 2 nitrogen and oxygen atoms in total. The Kier molecular flexibility index (Phi) is 17.6. The molecular formula is C14H26CoO2. The summed E-state index contributed by atoms with van der Waals surface area (Å²) in [6.45, 7) is 2.21. The van der Waals surface area contributed by atoms with E-state index < -0.39 is 5.97 Å². The van der Waals surface area contributed by atoms with Gasteiger partial charge in [-0.1, -0.05) is 51.2 Å². The van der Waals surface area contributed by atoms with E-state index in [1.807, 2.05) is 0 Å². The van der Waals surface area contributed by atoms with Crippen molar-refractivity contribution < 1.29 is 26.7 Å². The van der Waals surface area contributed by atoms with Gasteiger partial charge in [0.15, 0.2) is 0 Å². The van der Waals surface area contributed by atoms with Crippen LogP contribution in [0.3, 0.4) is 0 Å². The average molecular weight is 285 g/mol. The molecule has 0 amide bonds. The Hall–Kier alpha value is -0.284. The van der Waals surface area contributed by atoms with Gasteiger partial charge in [-0.05, 0) is 25.7 Å². The largest absolute Gasteiger partial charge is 0.481 e. The maximum Gasteiger partial charge on any atom is 0.303 e. The summed E-state index contributed by atoms with van der Waals surface area (Å²) in [4.78, 5) is 10.3. The molecule has 0 aromatic rings.